The SMILES string of the molecule is CCCCCC1CCC(c2ccc(I)c(OC)c2)CC1. The average molecular weight is 386 g/mol. The second-order valence-electron chi connectivity index (χ2n) is 6.11. The summed E-state index contributed by atoms with van der Waals surface area (Å²) in [4.78, 5) is 0. The van der Waals surface area contributed by atoms with Crippen molar-refractivity contribution in [3.05, 3.63) is 27.3 Å². The maximum atomic E-state index is 5.46. The van der Waals surface area contributed by atoms with Crippen LogP contribution in [0.2, 0.25) is 0 Å². The van der Waals surface area contributed by atoms with Crippen LogP contribution >= 0.6 is 22.6 Å². The molecule has 2 rings (SSSR count). The van der Waals surface area contributed by atoms with E-state index in [4.69, 9.17) is 4.74 Å². The fourth-order valence-electron chi connectivity index (χ4n) is 3.40. The van der Waals surface area contributed by atoms with Gasteiger partial charge in [0.05, 0.1) is 10.7 Å². The first-order valence-corrected chi connectivity index (χ1v) is 9.16. The summed E-state index contributed by atoms with van der Waals surface area (Å²) in [5.41, 5.74) is 1.48. The zero-order valence-electron chi connectivity index (χ0n) is 12.8. The van der Waals surface area contributed by atoms with Gasteiger partial charge in [-0.1, -0.05) is 38.7 Å². The number of methoxy groups -OCH3 is 1. The highest BCUT2D eigenvalue weighted by atomic mass is 127. The van der Waals surface area contributed by atoms with Gasteiger partial charge in [0, 0.05) is 0 Å². The third kappa shape index (κ3) is 4.37. The number of halogens is 1. The van der Waals surface area contributed by atoms with Crippen LogP contribution in [0.1, 0.15) is 69.8 Å². The van der Waals surface area contributed by atoms with E-state index in [1.54, 1.807) is 7.11 Å². The predicted octanol–water partition coefficient (Wildman–Crippen LogP) is 6.15. The number of hydrogen-bond donors (Lipinski definition) is 0. The highest BCUT2D eigenvalue weighted by Gasteiger charge is 2.22. The van der Waals surface area contributed by atoms with Crippen LogP contribution in [0.5, 0.6) is 5.75 Å². The van der Waals surface area contributed by atoms with Crippen LogP contribution in [0, 0.1) is 9.49 Å². The summed E-state index contributed by atoms with van der Waals surface area (Å²) < 4.78 is 6.67. The molecule has 0 atom stereocenters. The van der Waals surface area contributed by atoms with Gasteiger partial charge in [-0.05, 0) is 77.8 Å². The monoisotopic (exact) mass is 386 g/mol. The fraction of sp³-hybridized carbons (Fsp3) is 0.667. The van der Waals surface area contributed by atoms with Gasteiger partial charge in [-0.15, -0.1) is 0 Å². The van der Waals surface area contributed by atoms with E-state index >= 15 is 0 Å². The standard InChI is InChI=1S/C18H27IO/c1-3-4-5-6-14-7-9-15(10-8-14)16-11-12-17(19)18(13-16)20-2/h11-15H,3-10H2,1-2H3. The summed E-state index contributed by atoms with van der Waals surface area (Å²) >= 11 is 2.34. The van der Waals surface area contributed by atoms with Crippen LogP contribution in [-0.2, 0) is 0 Å². The Morgan fingerprint density at radius 2 is 1.90 bits per heavy atom. The van der Waals surface area contributed by atoms with Crippen molar-refractivity contribution >= 4 is 22.6 Å². The van der Waals surface area contributed by atoms with Crippen molar-refractivity contribution < 1.29 is 4.74 Å². The van der Waals surface area contributed by atoms with Crippen molar-refractivity contribution in [1.29, 1.82) is 0 Å². The molecule has 0 unspecified atom stereocenters. The molecule has 1 fully saturated rings. The van der Waals surface area contributed by atoms with Crippen LogP contribution in [0.25, 0.3) is 0 Å². The number of rotatable bonds is 6. The summed E-state index contributed by atoms with van der Waals surface area (Å²) in [6.45, 7) is 2.29. The molecular weight excluding hydrogens is 359 g/mol. The zero-order valence-corrected chi connectivity index (χ0v) is 15.0. The van der Waals surface area contributed by atoms with E-state index < -0.39 is 0 Å². The quantitative estimate of drug-likeness (QED) is 0.421. The molecule has 112 valence electrons. The lowest BCUT2D eigenvalue weighted by molar-refractivity contribution is 0.302. The Morgan fingerprint density at radius 1 is 1.15 bits per heavy atom. The van der Waals surface area contributed by atoms with Crippen LogP contribution in [0.3, 0.4) is 0 Å². The first-order chi connectivity index (χ1) is 9.74. The van der Waals surface area contributed by atoms with Crippen molar-refractivity contribution in [3.8, 4) is 5.75 Å². The summed E-state index contributed by atoms with van der Waals surface area (Å²) in [5, 5.41) is 0. The summed E-state index contributed by atoms with van der Waals surface area (Å²) in [6.07, 6.45) is 11.2. The van der Waals surface area contributed by atoms with Crippen LogP contribution in [0.15, 0.2) is 18.2 Å². The molecule has 0 heterocycles. The van der Waals surface area contributed by atoms with Crippen LogP contribution in [0.4, 0.5) is 0 Å². The molecule has 1 aromatic rings. The molecule has 0 aromatic heterocycles. The average Bonchev–Trinajstić information content (AvgIpc) is 2.49. The molecule has 20 heavy (non-hydrogen) atoms. The van der Waals surface area contributed by atoms with Gasteiger partial charge in [0.25, 0.3) is 0 Å². The third-order valence-corrected chi connectivity index (χ3v) is 5.60. The van der Waals surface area contributed by atoms with E-state index in [1.807, 2.05) is 0 Å². The zero-order chi connectivity index (χ0) is 14.4. The number of benzene rings is 1. The van der Waals surface area contributed by atoms with Gasteiger partial charge < -0.3 is 4.74 Å². The van der Waals surface area contributed by atoms with Crippen molar-refractivity contribution in [3.63, 3.8) is 0 Å². The lowest BCUT2D eigenvalue weighted by Gasteiger charge is -2.29. The van der Waals surface area contributed by atoms with E-state index in [0.717, 1.165) is 17.6 Å². The maximum Gasteiger partial charge on any atom is 0.132 e. The summed E-state index contributed by atoms with van der Waals surface area (Å²) in [6, 6.07) is 6.75. The predicted molar refractivity (Wildman–Crippen MR) is 94.6 cm³/mol. The Bertz CT molecular complexity index is 408. The molecule has 1 aliphatic carbocycles. The third-order valence-electron chi connectivity index (χ3n) is 4.71. The Morgan fingerprint density at radius 3 is 2.55 bits per heavy atom. The Balaban J connectivity index is 1.87. The van der Waals surface area contributed by atoms with E-state index in [1.165, 1.54) is 60.5 Å². The molecule has 2 heteroatoms. The maximum absolute atomic E-state index is 5.46. The molecule has 1 aliphatic rings. The van der Waals surface area contributed by atoms with Crippen molar-refractivity contribution in [2.45, 2.75) is 64.2 Å². The van der Waals surface area contributed by atoms with E-state index in [0.29, 0.717) is 0 Å². The van der Waals surface area contributed by atoms with Gasteiger partial charge in [-0.3, -0.25) is 0 Å². The van der Waals surface area contributed by atoms with Gasteiger partial charge in [0.1, 0.15) is 5.75 Å². The van der Waals surface area contributed by atoms with E-state index in [-0.39, 0.29) is 0 Å². The molecule has 0 radical (unpaired) electrons. The Kier molecular flexibility index (Phi) is 6.66. The highest BCUT2D eigenvalue weighted by molar-refractivity contribution is 14.1. The lowest BCUT2D eigenvalue weighted by atomic mass is 9.77. The second-order valence-corrected chi connectivity index (χ2v) is 7.27. The van der Waals surface area contributed by atoms with Gasteiger partial charge in [0.2, 0.25) is 0 Å². The molecule has 0 aliphatic heterocycles. The smallest absolute Gasteiger partial charge is 0.132 e. The summed E-state index contributed by atoms with van der Waals surface area (Å²) in [5.74, 6) is 2.78. The topological polar surface area (TPSA) is 9.23 Å². The molecule has 0 spiro atoms. The molecule has 0 bridgehead atoms. The summed E-state index contributed by atoms with van der Waals surface area (Å²) in [7, 11) is 1.77. The Labute approximate surface area is 137 Å². The first-order valence-electron chi connectivity index (χ1n) is 8.08. The van der Waals surface area contributed by atoms with E-state index in [9.17, 15) is 0 Å². The van der Waals surface area contributed by atoms with Gasteiger partial charge in [-0.2, -0.15) is 0 Å². The minimum absolute atomic E-state index is 0.753. The lowest BCUT2D eigenvalue weighted by Crippen LogP contribution is -2.13. The molecular formula is C18H27IO. The van der Waals surface area contributed by atoms with Crippen molar-refractivity contribution in [2.24, 2.45) is 5.92 Å². The molecule has 1 saturated carbocycles. The van der Waals surface area contributed by atoms with Gasteiger partial charge in [-0.25, -0.2) is 0 Å². The van der Waals surface area contributed by atoms with Gasteiger partial charge >= 0.3 is 0 Å². The number of ether oxygens (including phenoxy) is 1. The van der Waals surface area contributed by atoms with Crippen molar-refractivity contribution in [1.82, 2.24) is 0 Å². The second kappa shape index (κ2) is 8.26. The van der Waals surface area contributed by atoms with E-state index in [2.05, 4.69) is 47.7 Å². The number of unbranched alkanes of at least 4 members (excludes halogenated alkanes) is 2. The van der Waals surface area contributed by atoms with Crippen molar-refractivity contribution in [2.75, 3.05) is 7.11 Å². The molecule has 1 aromatic carbocycles. The largest absolute Gasteiger partial charge is 0.496 e. The fourth-order valence-corrected chi connectivity index (χ4v) is 3.95. The number of hydrogen-bond acceptors (Lipinski definition) is 1. The molecule has 0 saturated heterocycles. The van der Waals surface area contributed by atoms with Crippen LogP contribution in [-0.4, -0.2) is 7.11 Å². The minimum atomic E-state index is 0.753. The Hall–Kier alpha value is -0.250. The minimum Gasteiger partial charge on any atom is -0.496 e. The molecule has 0 N–H and O–H groups in total. The normalized spacial score (nSPS) is 22.8. The van der Waals surface area contributed by atoms with Gasteiger partial charge in [0.15, 0.2) is 0 Å². The molecule has 1 nitrogen and oxygen atoms in total. The first kappa shape index (κ1) is 16.1. The molecule has 0 amide bonds. The van der Waals surface area contributed by atoms with Crippen LogP contribution < -0.4 is 4.74 Å². The highest BCUT2D eigenvalue weighted by Crippen LogP contribution is 2.39.